The number of rotatable bonds is 6. The Morgan fingerprint density at radius 2 is 1.76 bits per heavy atom. The topological polar surface area (TPSA) is 29.3 Å². The molecule has 1 fully saturated rings. The molecule has 0 radical (unpaired) electrons. The number of likely N-dealkylation sites (tertiary alicyclic amines) is 1. The average Bonchev–Trinajstić information content (AvgIpc) is 2.87. The van der Waals surface area contributed by atoms with Crippen molar-refractivity contribution in [1.29, 1.82) is 0 Å². The molecule has 94 valence electrons. The van der Waals surface area contributed by atoms with Gasteiger partial charge in [0.15, 0.2) is 0 Å². The summed E-state index contributed by atoms with van der Waals surface area (Å²) in [6.45, 7) is 4.61. The van der Waals surface area contributed by atoms with Crippen molar-refractivity contribution < 1.29 is 0 Å². The lowest BCUT2D eigenvalue weighted by molar-refractivity contribution is 0.343. The lowest BCUT2D eigenvalue weighted by Crippen LogP contribution is -2.21. The fraction of sp³-hybridized carbons (Fsp3) is 0.600. The summed E-state index contributed by atoms with van der Waals surface area (Å²) in [4.78, 5) is 2.58. The Hall–Kier alpha value is -0.860. The first-order valence-corrected chi connectivity index (χ1v) is 6.89. The summed E-state index contributed by atoms with van der Waals surface area (Å²) in [5.41, 5.74) is 8.47. The minimum atomic E-state index is 0.790. The van der Waals surface area contributed by atoms with Crippen LogP contribution in [0.15, 0.2) is 24.3 Å². The van der Waals surface area contributed by atoms with Gasteiger partial charge in [0.05, 0.1) is 0 Å². The molecule has 0 aliphatic carbocycles. The molecule has 1 heterocycles. The Morgan fingerprint density at radius 1 is 1.06 bits per heavy atom. The summed E-state index contributed by atoms with van der Waals surface area (Å²) >= 11 is 0. The first-order valence-electron chi connectivity index (χ1n) is 6.89. The Kier molecular flexibility index (Phi) is 5.02. The van der Waals surface area contributed by atoms with Gasteiger partial charge in [0.25, 0.3) is 0 Å². The van der Waals surface area contributed by atoms with Gasteiger partial charge < -0.3 is 10.6 Å². The highest BCUT2D eigenvalue weighted by molar-refractivity contribution is 5.23. The molecule has 1 aliphatic heterocycles. The van der Waals surface area contributed by atoms with Crippen molar-refractivity contribution in [3.8, 4) is 0 Å². The predicted octanol–water partition coefficient (Wildman–Crippen LogP) is 2.22. The fourth-order valence-corrected chi connectivity index (χ4v) is 2.54. The van der Waals surface area contributed by atoms with Gasteiger partial charge in [0.1, 0.15) is 0 Å². The number of benzene rings is 1. The fourth-order valence-electron chi connectivity index (χ4n) is 2.54. The van der Waals surface area contributed by atoms with Gasteiger partial charge in [-0.1, -0.05) is 24.3 Å². The molecule has 2 nitrogen and oxygen atoms in total. The zero-order chi connectivity index (χ0) is 11.9. The van der Waals surface area contributed by atoms with E-state index in [1.807, 2.05) is 0 Å². The van der Waals surface area contributed by atoms with Crippen LogP contribution in [-0.4, -0.2) is 31.1 Å². The lowest BCUT2D eigenvalue weighted by atomic mass is 10.0. The van der Waals surface area contributed by atoms with Gasteiger partial charge in [-0.15, -0.1) is 0 Å². The molecule has 0 atom stereocenters. The molecule has 1 aromatic carbocycles. The third-order valence-electron chi connectivity index (χ3n) is 3.58. The van der Waals surface area contributed by atoms with Crippen LogP contribution >= 0.6 is 0 Å². The van der Waals surface area contributed by atoms with Gasteiger partial charge in [-0.3, -0.25) is 0 Å². The van der Waals surface area contributed by atoms with Gasteiger partial charge in [-0.05, 0) is 62.9 Å². The molecule has 1 aliphatic rings. The van der Waals surface area contributed by atoms with Gasteiger partial charge in [-0.2, -0.15) is 0 Å². The molecule has 0 aromatic heterocycles. The first kappa shape index (κ1) is 12.6. The summed E-state index contributed by atoms with van der Waals surface area (Å²) in [6.07, 6.45) is 6.17. The second-order valence-electron chi connectivity index (χ2n) is 5.01. The molecule has 0 amide bonds. The van der Waals surface area contributed by atoms with Crippen LogP contribution in [0.3, 0.4) is 0 Å². The van der Waals surface area contributed by atoms with Crippen LogP contribution in [0.25, 0.3) is 0 Å². The van der Waals surface area contributed by atoms with Crippen molar-refractivity contribution in [2.75, 3.05) is 26.2 Å². The molecule has 0 spiro atoms. The third-order valence-corrected chi connectivity index (χ3v) is 3.58. The largest absolute Gasteiger partial charge is 0.330 e. The van der Waals surface area contributed by atoms with Crippen LogP contribution in [0.2, 0.25) is 0 Å². The van der Waals surface area contributed by atoms with E-state index in [-0.39, 0.29) is 0 Å². The molecule has 0 saturated carbocycles. The van der Waals surface area contributed by atoms with E-state index in [1.165, 1.54) is 50.0 Å². The molecule has 0 bridgehead atoms. The van der Waals surface area contributed by atoms with Gasteiger partial charge in [0.2, 0.25) is 0 Å². The first-order chi connectivity index (χ1) is 8.38. The van der Waals surface area contributed by atoms with E-state index in [1.54, 1.807) is 0 Å². The molecule has 2 N–H and O–H groups in total. The maximum Gasteiger partial charge on any atom is 0.00218 e. The third kappa shape index (κ3) is 4.14. The highest BCUT2D eigenvalue weighted by Crippen LogP contribution is 2.11. The van der Waals surface area contributed by atoms with Crippen LogP contribution < -0.4 is 5.73 Å². The summed E-state index contributed by atoms with van der Waals surface area (Å²) in [7, 11) is 0. The maximum absolute atomic E-state index is 5.55. The summed E-state index contributed by atoms with van der Waals surface area (Å²) in [5, 5.41) is 0. The molecule has 2 heteroatoms. The van der Waals surface area contributed by atoms with Crippen LogP contribution in [0.1, 0.15) is 30.4 Å². The van der Waals surface area contributed by atoms with Gasteiger partial charge in [-0.25, -0.2) is 0 Å². The summed E-state index contributed by atoms with van der Waals surface area (Å²) < 4.78 is 0. The number of nitrogens with zero attached hydrogens (tertiary/aromatic N) is 1. The SMILES string of the molecule is NCCCc1cccc(CCN2CCCC2)c1. The van der Waals surface area contributed by atoms with Crippen molar-refractivity contribution in [3.05, 3.63) is 35.4 Å². The standard InChI is InChI=1S/C15H24N2/c16-9-4-7-14-5-3-6-15(13-14)8-12-17-10-1-2-11-17/h3,5-6,13H,1-2,4,7-12,16H2. The van der Waals surface area contributed by atoms with Crippen LogP contribution in [0.4, 0.5) is 0 Å². The molecule has 1 aromatic rings. The number of nitrogens with two attached hydrogens (primary N) is 1. The van der Waals surface area contributed by atoms with Crippen molar-refractivity contribution in [1.82, 2.24) is 4.90 Å². The second-order valence-corrected chi connectivity index (χ2v) is 5.01. The summed E-state index contributed by atoms with van der Waals surface area (Å²) in [6, 6.07) is 9.01. The predicted molar refractivity (Wildman–Crippen MR) is 73.2 cm³/mol. The lowest BCUT2D eigenvalue weighted by Gasteiger charge is -2.14. The zero-order valence-corrected chi connectivity index (χ0v) is 10.7. The normalized spacial score (nSPS) is 16.5. The molecule has 17 heavy (non-hydrogen) atoms. The zero-order valence-electron chi connectivity index (χ0n) is 10.7. The highest BCUT2D eigenvalue weighted by atomic mass is 15.1. The Balaban J connectivity index is 1.82. The van der Waals surface area contributed by atoms with E-state index in [2.05, 4.69) is 29.2 Å². The van der Waals surface area contributed by atoms with Crippen molar-refractivity contribution in [2.45, 2.75) is 32.1 Å². The maximum atomic E-state index is 5.55. The van der Waals surface area contributed by atoms with Crippen molar-refractivity contribution in [3.63, 3.8) is 0 Å². The highest BCUT2D eigenvalue weighted by Gasteiger charge is 2.10. The summed E-state index contributed by atoms with van der Waals surface area (Å²) in [5.74, 6) is 0. The van der Waals surface area contributed by atoms with Gasteiger partial charge in [0, 0.05) is 6.54 Å². The van der Waals surface area contributed by atoms with Crippen molar-refractivity contribution in [2.24, 2.45) is 5.73 Å². The minimum Gasteiger partial charge on any atom is -0.330 e. The Bertz CT molecular complexity index is 329. The van der Waals surface area contributed by atoms with Crippen molar-refractivity contribution >= 4 is 0 Å². The van der Waals surface area contributed by atoms with Crippen LogP contribution in [0.5, 0.6) is 0 Å². The molecule has 1 saturated heterocycles. The average molecular weight is 232 g/mol. The molecular formula is C15H24N2. The van der Waals surface area contributed by atoms with E-state index in [0.717, 1.165) is 19.4 Å². The second kappa shape index (κ2) is 6.77. The van der Waals surface area contributed by atoms with E-state index in [0.29, 0.717) is 0 Å². The molecule has 0 unspecified atom stereocenters. The quantitative estimate of drug-likeness (QED) is 0.815. The van der Waals surface area contributed by atoms with Crippen LogP contribution in [0, 0.1) is 0 Å². The number of aryl methyl sites for hydroxylation is 1. The minimum absolute atomic E-state index is 0.790. The van der Waals surface area contributed by atoms with E-state index >= 15 is 0 Å². The number of hydrogen-bond acceptors (Lipinski definition) is 2. The molecular weight excluding hydrogens is 208 g/mol. The smallest absolute Gasteiger partial charge is 0.00218 e. The Morgan fingerprint density at radius 3 is 2.47 bits per heavy atom. The van der Waals surface area contributed by atoms with E-state index in [9.17, 15) is 0 Å². The van der Waals surface area contributed by atoms with E-state index in [4.69, 9.17) is 5.73 Å². The monoisotopic (exact) mass is 232 g/mol. The van der Waals surface area contributed by atoms with Gasteiger partial charge >= 0.3 is 0 Å². The number of hydrogen-bond donors (Lipinski definition) is 1. The van der Waals surface area contributed by atoms with Crippen LogP contribution in [-0.2, 0) is 12.8 Å². The Labute approximate surface area is 105 Å². The molecule has 2 rings (SSSR count). The van der Waals surface area contributed by atoms with E-state index < -0.39 is 0 Å².